The first-order valence-corrected chi connectivity index (χ1v) is 6.04. The van der Waals surface area contributed by atoms with Crippen LogP contribution in [-0.4, -0.2) is 12.9 Å². The highest BCUT2D eigenvalue weighted by molar-refractivity contribution is 5.86. The number of methoxy groups -OCH3 is 1. The Morgan fingerprint density at radius 3 is 2.47 bits per heavy atom. The minimum Gasteiger partial charge on any atom is -0.496 e. The highest BCUT2D eigenvalue weighted by atomic mass is 16.5. The molecule has 0 aliphatic carbocycles. The molecule has 0 unspecified atom stereocenters. The van der Waals surface area contributed by atoms with Gasteiger partial charge in [0.1, 0.15) is 11.6 Å². The van der Waals surface area contributed by atoms with Gasteiger partial charge in [-0.05, 0) is 18.2 Å². The summed E-state index contributed by atoms with van der Waals surface area (Å²) in [4.78, 5) is 4.47. The molecule has 2 aromatic carbocycles. The predicted octanol–water partition coefficient (Wildman–Crippen LogP) is 2.43. The van der Waals surface area contributed by atoms with Gasteiger partial charge in [-0.15, -0.1) is 0 Å². The van der Waals surface area contributed by atoms with E-state index in [0.717, 1.165) is 17.0 Å². The Labute approximate surface area is 112 Å². The van der Waals surface area contributed by atoms with E-state index in [1.165, 1.54) is 0 Å². The minimum absolute atomic E-state index is 0.593. The number of amidine groups is 1. The number of hydrogen-bond donors (Lipinski definition) is 2. The van der Waals surface area contributed by atoms with Crippen LogP contribution in [0.15, 0.2) is 59.6 Å². The van der Waals surface area contributed by atoms with Gasteiger partial charge in [0.25, 0.3) is 0 Å². The second-order valence-electron chi connectivity index (χ2n) is 4.03. The summed E-state index contributed by atoms with van der Waals surface area (Å²) in [6.45, 7) is 0. The van der Waals surface area contributed by atoms with E-state index in [4.69, 9.17) is 10.6 Å². The molecule has 0 fully saturated rings. The minimum atomic E-state index is 0.593. The van der Waals surface area contributed by atoms with Gasteiger partial charge < -0.3 is 10.2 Å². The third-order valence-corrected chi connectivity index (χ3v) is 2.74. The Balaban J connectivity index is 2.22. The van der Waals surface area contributed by atoms with E-state index in [9.17, 15) is 0 Å². The number of para-hydroxylation sites is 2. The van der Waals surface area contributed by atoms with Crippen molar-refractivity contribution in [1.82, 2.24) is 5.43 Å². The molecule has 2 rings (SSSR count). The zero-order valence-corrected chi connectivity index (χ0v) is 10.8. The van der Waals surface area contributed by atoms with Gasteiger partial charge in [-0.25, -0.2) is 10.8 Å². The predicted molar refractivity (Wildman–Crippen MR) is 77.6 cm³/mol. The Bertz CT molecular complexity index is 552. The van der Waals surface area contributed by atoms with Crippen LogP contribution in [-0.2, 0) is 6.42 Å². The fourth-order valence-corrected chi connectivity index (χ4v) is 1.81. The molecule has 0 bridgehead atoms. The number of hydrogen-bond acceptors (Lipinski definition) is 3. The number of hydrazine groups is 1. The van der Waals surface area contributed by atoms with Crippen molar-refractivity contribution in [1.29, 1.82) is 0 Å². The lowest BCUT2D eigenvalue weighted by molar-refractivity contribution is 0.411. The molecule has 0 aromatic heterocycles. The molecule has 19 heavy (non-hydrogen) atoms. The monoisotopic (exact) mass is 255 g/mol. The van der Waals surface area contributed by atoms with Crippen LogP contribution in [0.3, 0.4) is 0 Å². The van der Waals surface area contributed by atoms with Gasteiger partial charge in [0, 0.05) is 12.0 Å². The number of benzene rings is 2. The molecule has 0 aliphatic heterocycles. The molecule has 98 valence electrons. The Kier molecular flexibility index (Phi) is 4.53. The molecular weight excluding hydrogens is 238 g/mol. The summed E-state index contributed by atoms with van der Waals surface area (Å²) in [5.41, 5.74) is 4.55. The van der Waals surface area contributed by atoms with Crippen molar-refractivity contribution in [2.75, 3.05) is 7.11 Å². The summed E-state index contributed by atoms with van der Waals surface area (Å²) >= 11 is 0. The fourth-order valence-electron chi connectivity index (χ4n) is 1.81. The molecular formula is C15H17N3O. The van der Waals surface area contributed by atoms with Crippen LogP contribution in [0, 0.1) is 0 Å². The summed E-state index contributed by atoms with van der Waals surface area (Å²) in [6.07, 6.45) is 0.593. The van der Waals surface area contributed by atoms with Gasteiger partial charge in [-0.2, -0.15) is 0 Å². The lowest BCUT2D eigenvalue weighted by Gasteiger charge is -2.10. The van der Waals surface area contributed by atoms with Crippen molar-refractivity contribution in [2.24, 2.45) is 10.8 Å². The molecule has 0 heterocycles. The zero-order chi connectivity index (χ0) is 13.5. The highest BCUT2D eigenvalue weighted by Crippen LogP contribution is 2.19. The average molecular weight is 255 g/mol. The van der Waals surface area contributed by atoms with Gasteiger partial charge in [0.2, 0.25) is 0 Å². The van der Waals surface area contributed by atoms with Gasteiger partial charge in [0.15, 0.2) is 0 Å². The maximum absolute atomic E-state index is 5.54. The Morgan fingerprint density at radius 2 is 1.79 bits per heavy atom. The third-order valence-electron chi connectivity index (χ3n) is 2.74. The van der Waals surface area contributed by atoms with Crippen LogP contribution in [0.1, 0.15) is 5.56 Å². The second-order valence-corrected chi connectivity index (χ2v) is 4.03. The van der Waals surface area contributed by atoms with E-state index in [0.29, 0.717) is 12.3 Å². The first-order valence-electron chi connectivity index (χ1n) is 6.04. The largest absolute Gasteiger partial charge is 0.496 e. The number of nitrogens with one attached hydrogen (secondary N) is 1. The van der Waals surface area contributed by atoms with E-state index in [1.807, 2.05) is 54.6 Å². The summed E-state index contributed by atoms with van der Waals surface area (Å²) < 4.78 is 5.32. The van der Waals surface area contributed by atoms with Crippen molar-refractivity contribution in [3.8, 4) is 5.75 Å². The van der Waals surface area contributed by atoms with Crippen LogP contribution in [0.2, 0.25) is 0 Å². The van der Waals surface area contributed by atoms with Crippen molar-refractivity contribution in [2.45, 2.75) is 6.42 Å². The van der Waals surface area contributed by atoms with Crippen molar-refractivity contribution in [3.05, 3.63) is 60.2 Å². The van der Waals surface area contributed by atoms with Crippen molar-refractivity contribution in [3.63, 3.8) is 0 Å². The van der Waals surface area contributed by atoms with Crippen LogP contribution >= 0.6 is 0 Å². The lowest BCUT2D eigenvalue weighted by atomic mass is 10.1. The van der Waals surface area contributed by atoms with Gasteiger partial charge in [0.05, 0.1) is 12.8 Å². The molecule has 2 aromatic rings. The number of rotatable bonds is 4. The molecule has 0 spiro atoms. The number of ether oxygens (including phenoxy) is 1. The van der Waals surface area contributed by atoms with Gasteiger partial charge in [-0.3, -0.25) is 0 Å². The van der Waals surface area contributed by atoms with E-state index in [1.54, 1.807) is 7.11 Å². The average Bonchev–Trinajstić information content (AvgIpc) is 2.48. The zero-order valence-electron chi connectivity index (χ0n) is 10.8. The SMILES string of the molecule is COc1ccccc1CC(=Nc1ccccc1)NN. The van der Waals surface area contributed by atoms with Crippen LogP contribution < -0.4 is 16.0 Å². The van der Waals surface area contributed by atoms with Crippen LogP contribution in [0.5, 0.6) is 5.75 Å². The maximum atomic E-state index is 5.54. The highest BCUT2D eigenvalue weighted by Gasteiger charge is 2.05. The molecule has 0 aliphatic rings. The number of nitrogens with zero attached hydrogens (tertiary/aromatic N) is 1. The number of nitrogens with two attached hydrogens (primary N) is 1. The molecule has 4 nitrogen and oxygen atoms in total. The Hall–Kier alpha value is -2.33. The summed E-state index contributed by atoms with van der Waals surface area (Å²) in [5, 5.41) is 0. The van der Waals surface area contributed by atoms with Crippen LogP contribution in [0.25, 0.3) is 0 Å². The first-order chi connectivity index (χ1) is 9.33. The molecule has 0 saturated carbocycles. The summed E-state index contributed by atoms with van der Waals surface area (Å²) in [5.74, 6) is 7.06. The smallest absolute Gasteiger partial charge is 0.122 e. The Morgan fingerprint density at radius 1 is 1.11 bits per heavy atom. The van der Waals surface area contributed by atoms with Crippen molar-refractivity contribution < 1.29 is 4.74 Å². The second kappa shape index (κ2) is 6.56. The lowest BCUT2D eigenvalue weighted by Crippen LogP contribution is -2.31. The standard InChI is InChI=1S/C15H17N3O/c1-19-14-10-6-5-7-12(14)11-15(18-16)17-13-8-3-2-4-9-13/h2-10H,11,16H2,1H3,(H,17,18). The van der Waals surface area contributed by atoms with E-state index >= 15 is 0 Å². The van der Waals surface area contributed by atoms with Gasteiger partial charge in [-0.1, -0.05) is 36.4 Å². The summed E-state index contributed by atoms with van der Waals surface area (Å²) in [6, 6.07) is 17.5. The molecule has 0 atom stereocenters. The quantitative estimate of drug-likeness (QED) is 0.382. The topological polar surface area (TPSA) is 59.6 Å². The maximum Gasteiger partial charge on any atom is 0.122 e. The number of aliphatic imine (C=N–C) groups is 1. The molecule has 0 radical (unpaired) electrons. The molecule has 0 saturated heterocycles. The molecule has 3 N–H and O–H groups in total. The first kappa shape index (κ1) is 13.1. The van der Waals surface area contributed by atoms with E-state index < -0.39 is 0 Å². The van der Waals surface area contributed by atoms with Crippen LogP contribution in [0.4, 0.5) is 5.69 Å². The molecule has 0 amide bonds. The fraction of sp³-hybridized carbons (Fsp3) is 0.133. The van der Waals surface area contributed by atoms with Gasteiger partial charge >= 0.3 is 0 Å². The third kappa shape index (κ3) is 3.56. The van der Waals surface area contributed by atoms with Crippen molar-refractivity contribution >= 4 is 11.5 Å². The molecule has 4 heteroatoms. The normalized spacial score (nSPS) is 11.2. The van der Waals surface area contributed by atoms with E-state index in [2.05, 4.69) is 10.4 Å². The summed E-state index contributed by atoms with van der Waals surface area (Å²) in [7, 11) is 1.66. The van der Waals surface area contributed by atoms with E-state index in [-0.39, 0.29) is 0 Å².